The molecule has 0 amide bonds. The molecule has 0 heterocycles. The van der Waals surface area contributed by atoms with Crippen LogP contribution in [0.2, 0.25) is 0 Å². The Kier molecular flexibility index (Phi) is 7.38. The number of halogens is 2. The summed E-state index contributed by atoms with van der Waals surface area (Å²) in [6.45, 7) is 5.97. The van der Waals surface area contributed by atoms with Gasteiger partial charge in [0.15, 0.2) is 0 Å². The van der Waals surface area contributed by atoms with Gasteiger partial charge in [0.25, 0.3) is 0 Å². The maximum Gasteiger partial charge on any atom is 0.132 e. The number of ether oxygens (including phenoxy) is 1. The third kappa shape index (κ3) is 4.88. The van der Waals surface area contributed by atoms with Gasteiger partial charge in [-0.25, -0.2) is 8.78 Å². The molecule has 0 atom stereocenters. The van der Waals surface area contributed by atoms with E-state index in [1.54, 1.807) is 6.08 Å². The van der Waals surface area contributed by atoms with Gasteiger partial charge in [0.2, 0.25) is 0 Å². The molecule has 0 aromatic heterocycles. The second-order valence-electron chi connectivity index (χ2n) is 7.82. The van der Waals surface area contributed by atoms with Crippen LogP contribution in [0.1, 0.15) is 62.5 Å². The van der Waals surface area contributed by atoms with Gasteiger partial charge in [-0.3, -0.25) is 0 Å². The van der Waals surface area contributed by atoms with Crippen LogP contribution < -0.4 is 0 Å². The molecule has 0 N–H and O–H groups in total. The molecule has 0 radical (unpaired) electrons. The fourth-order valence-corrected chi connectivity index (χ4v) is 4.43. The molecule has 0 aliphatic heterocycles. The predicted molar refractivity (Wildman–Crippen MR) is 111 cm³/mol. The zero-order valence-corrected chi connectivity index (χ0v) is 16.7. The van der Waals surface area contributed by atoms with Crippen LogP contribution in [0.4, 0.5) is 8.78 Å². The maximum atomic E-state index is 14.6. The fraction of sp³-hybridized carbons (Fsp3) is 0.440. The Morgan fingerprint density at radius 3 is 2.39 bits per heavy atom. The molecule has 1 aliphatic carbocycles. The lowest BCUT2D eigenvalue weighted by Crippen LogP contribution is -2.14. The van der Waals surface area contributed by atoms with E-state index in [0.29, 0.717) is 11.5 Å². The molecule has 0 saturated heterocycles. The van der Waals surface area contributed by atoms with Gasteiger partial charge in [0.1, 0.15) is 11.6 Å². The summed E-state index contributed by atoms with van der Waals surface area (Å²) >= 11 is 0. The van der Waals surface area contributed by atoms with Crippen molar-refractivity contribution in [2.45, 2.75) is 58.0 Å². The molecule has 1 nitrogen and oxygen atoms in total. The average Bonchev–Trinajstić information content (AvgIpc) is 2.71. The highest BCUT2D eigenvalue weighted by atomic mass is 19.1. The van der Waals surface area contributed by atoms with Crippen molar-refractivity contribution in [1.82, 2.24) is 0 Å². The molecule has 0 spiro atoms. The molecule has 2 aromatic rings. The second-order valence-corrected chi connectivity index (χ2v) is 7.82. The quantitative estimate of drug-likeness (QED) is 0.340. The van der Waals surface area contributed by atoms with Gasteiger partial charge >= 0.3 is 0 Å². The normalized spacial score (nSPS) is 19.5. The van der Waals surface area contributed by atoms with Crippen LogP contribution in [-0.4, -0.2) is 6.61 Å². The number of hydrogen-bond acceptors (Lipinski definition) is 1. The smallest absolute Gasteiger partial charge is 0.132 e. The minimum absolute atomic E-state index is 0.0249. The van der Waals surface area contributed by atoms with Gasteiger partial charge in [0, 0.05) is 5.56 Å². The average molecular weight is 385 g/mol. The summed E-state index contributed by atoms with van der Waals surface area (Å²) in [6.07, 6.45) is 8.91. The van der Waals surface area contributed by atoms with Crippen molar-refractivity contribution in [3.05, 3.63) is 71.8 Å². The van der Waals surface area contributed by atoms with E-state index in [1.807, 2.05) is 18.2 Å². The zero-order valence-electron chi connectivity index (χ0n) is 16.7. The van der Waals surface area contributed by atoms with Crippen molar-refractivity contribution in [3.8, 4) is 11.1 Å². The molecule has 1 saturated carbocycles. The monoisotopic (exact) mass is 384 g/mol. The third-order valence-corrected chi connectivity index (χ3v) is 5.88. The molecule has 3 heteroatoms. The molecular weight excluding hydrogens is 354 g/mol. The summed E-state index contributed by atoms with van der Waals surface area (Å²) in [6, 6.07) is 11.0. The van der Waals surface area contributed by atoms with E-state index in [-0.39, 0.29) is 18.8 Å². The largest absolute Gasteiger partial charge is 0.373 e. The topological polar surface area (TPSA) is 9.23 Å². The van der Waals surface area contributed by atoms with Gasteiger partial charge in [-0.15, -0.1) is 6.58 Å². The maximum absolute atomic E-state index is 14.6. The number of hydrogen-bond donors (Lipinski definition) is 0. The van der Waals surface area contributed by atoms with Gasteiger partial charge in [0.05, 0.1) is 13.2 Å². The highest BCUT2D eigenvalue weighted by Gasteiger charge is 2.24. The van der Waals surface area contributed by atoms with Crippen molar-refractivity contribution in [2.24, 2.45) is 5.92 Å². The number of rotatable bonds is 8. The summed E-state index contributed by atoms with van der Waals surface area (Å²) in [5, 5.41) is 0. The Bertz CT molecular complexity index is 768. The Morgan fingerprint density at radius 1 is 1.07 bits per heavy atom. The van der Waals surface area contributed by atoms with Crippen LogP contribution in [0.5, 0.6) is 0 Å². The Morgan fingerprint density at radius 2 is 1.75 bits per heavy atom. The van der Waals surface area contributed by atoms with Crippen LogP contribution >= 0.6 is 0 Å². The van der Waals surface area contributed by atoms with E-state index >= 15 is 0 Å². The van der Waals surface area contributed by atoms with Crippen molar-refractivity contribution in [1.29, 1.82) is 0 Å². The summed E-state index contributed by atoms with van der Waals surface area (Å²) < 4.78 is 34.4. The van der Waals surface area contributed by atoms with E-state index in [9.17, 15) is 8.78 Å². The van der Waals surface area contributed by atoms with Crippen LogP contribution in [0.3, 0.4) is 0 Å². The first-order valence-corrected chi connectivity index (χ1v) is 10.4. The van der Waals surface area contributed by atoms with Crippen LogP contribution in [0, 0.1) is 17.6 Å². The minimum Gasteiger partial charge on any atom is -0.373 e. The van der Waals surface area contributed by atoms with Gasteiger partial charge in [-0.2, -0.15) is 0 Å². The minimum atomic E-state index is -0.555. The summed E-state index contributed by atoms with van der Waals surface area (Å²) in [5.74, 6) is 0.185. The fourth-order valence-electron chi connectivity index (χ4n) is 4.43. The predicted octanol–water partition coefficient (Wildman–Crippen LogP) is 7.41. The van der Waals surface area contributed by atoms with Crippen molar-refractivity contribution >= 4 is 0 Å². The highest BCUT2D eigenvalue weighted by Crippen LogP contribution is 2.41. The van der Waals surface area contributed by atoms with E-state index < -0.39 is 11.6 Å². The molecule has 2 aromatic carbocycles. The lowest BCUT2D eigenvalue weighted by molar-refractivity contribution is 0.143. The van der Waals surface area contributed by atoms with Crippen LogP contribution in [0.25, 0.3) is 11.1 Å². The summed E-state index contributed by atoms with van der Waals surface area (Å²) in [7, 11) is 0. The standard InChI is InChI=1S/C25H30F2O/c1-3-7-18-10-12-19(13-11-18)21-8-5-6-9-22(21)20-15-24(26)23(25(27)16-20)17-28-14-4-2/h4-6,8-9,15-16,18-19H,2-3,7,10-14,17H2,1H3/t18-,19-. The summed E-state index contributed by atoms with van der Waals surface area (Å²) in [5.41, 5.74) is 2.74. The van der Waals surface area contributed by atoms with Gasteiger partial charge in [-0.05, 0) is 66.3 Å². The summed E-state index contributed by atoms with van der Waals surface area (Å²) in [4.78, 5) is 0. The Labute approximate surface area is 167 Å². The molecule has 150 valence electrons. The zero-order chi connectivity index (χ0) is 19.9. The van der Waals surface area contributed by atoms with Crippen molar-refractivity contribution in [3.63, 3.8) is 0 Å². The first kappa shape index (κ1) is 20.7. The second kappa shape index (κ2) is 9.97. The Balaban J connectivity index is 1.84. The molecule has 1 fully saturated rings. The first-order valence-electron chi connectivity index (χ1n) is 10.4. The molecule has 3 rings (SSSR count). The lowest BCUT2D eigenvalue weighted by atomic mass is 9.75. The van der Waals surface area contributed by atoms with Gasteiger partial charge in [-0.1, -0.05) is 50.1 Å². The molecular formula is C25H30F2O. The van der Waals surface area contributed by atoms with E-state index in [0.717, 1.165) is 24.3 Å². The molecule has 1 aliphatic rings. The molecule has 0 bridgehead atoms. The van der Waals surface area contributed by atoms with Crippen LogP contribution in [0.15, 0.2) is 49.1 Å². The first-order chi connectivity index (χ1) is 13.6. The van der Waals surface area contributed by atoms with Crippen molar-refractivity contribution in [2.75, 3.05) is 6.61 Å². The highest BCUT2D eigenvalue weighted by molar-refractivity contribution is 5.68. The lowest BCUT2D eigenvalue weighted by Gasteiger charge is -2.30. The Hall–Kier alpha value is -2.00. The van der Waals surface area contributed by atoms with Crippen molar-refractivity contribution < 1.29 is 13.5 Å². The van der Waals surface area contributed by atoms with Gasteiger partial charge < -0.3 is 4.74 Å². The van der Waals surface area contributed by atoms with E-state index in [2.05, 4.69) is 19.6 Å². The number of benzene rings is 2. The molecule has 0 unspecified atom stereocenters. The third-order valence-electron chi connectivity index (χ3n) is 5.88. The molecule has 28 heavy (non-hydrogen) atoms. The van der Waals surface area contributed by atoms with Crippen LogP contribution in [-0.2, 0) is 11.3 Å². The van der Waals surface area contributed by atoms with E-state index in [1.165, 1.54) is 43.4 Å². The van der Waals surface area contributed by atoms with E-state index in [4.69, 9.17) is 4.74 Å². The SMILES string of the molecule is C=CCOCc1c(F)cc(-c2ccccc2[C@H]2CC[C@H](CCC)CC2)cc1F.